The van der Waals surface area contributed by atoms with Crippen molar-refractivity contribution >= 4 is 26.9 Å². The highest BCUT2D eigenvalue weighted by Crippen LogP contribution is 2.33. The molecule has 1 fully saturated rings. The highest BCUT2D eigenvalue weighted by atomic mass is 32.2. The van der Waals surface area contributed by atoms with Gasteiger partial charge in [-0.15, -0.1) is 0 Å². The van der Waals surface area contributed by atoms with E-state index in [1.807, 2.05) is 18.2 Å². The van der Waals surface area contributed by atoms with Gasteiger partial charge < -0.3 is 10.2 Å². The Morgan fingerprint density at radius 3 is 2.44 bits per heavy atom. The minimum absolute atomic E-state index is 0.205. The maximum atomic E-state index is 11.9. The third kappa shape index (κ3) is 4.39. The van der Waals surface area contributed by atoms with Gasteiger partial charge in [-0.2, -0.15) is 0 Å². The van der Waals surface area contributed by atoms with Crippen molar-refractivity contribution in [3.8, 4) is 0 Å². The van der Waals surface area contributed by atoms with Crippen LogP contribution in [0, 0.1) is 10.1 Å². The largest absolute Gasteiger partial charge is 0.375 e. The van der Waals surface area contributed by atoms with E-state index in [4.69, 9.17) is 0 Å². The van der Waals surface area contributed by atoms with Crippen molar-refractivity contribution in [1.82, 2.24) is 0 Å². The van der Waals surface area contributed by atoms with Crippen molar-refractivity contribution in [2.75, 3.05) is 29.6 Å². The zero-order valence-electron chi connectivity index (χ0n) is 15.2. The van der Waals surface area contributed by atoms with Gasteiger partial charge in [0.2, 0.25) is 0 Å². The van der Waals surface area contributed by atoms with Crippen molar-refractivity contribution in [2.24, 2.45) is 0 Å². The molecule has 1 aliphatic heterocycles. The third-order valence-electron chi connectivity index (χ3n) is 4.74. The van der Waals surface area contributed by atoms with Crippen molar-refractivity contribution in [3.05, 3.63) is 58.1 Å². The van der Waals surface area contributed by atoms with Gasteiger partial charge in [0.05, 0.1) is 4.92 Å². The smallest absolute Gasteiger partial charge is 0.310 e. The van der Waals surface area contributed by atoms with Gasteiger partial charge in [-0.3, -0.25) is 10.1 Å². The number of nitro benzene ring substituents is 1. The number of hydrogen-bond donors (Lipinski definition) is 1. The van der Waals surface area contributed by atoms with E-state index in [1.54, 1.807) is 0 Å². The van der Waals surface area contributed by atoms with Crippen LogP contribution < -0.4 is 10.2 Å². The maximum Gasteiger partial charge on any atom is 0.310 e. The summed E-state index contributed by atoms with van der Waals surface area (Å²) in [5.74, 6) is 0. The van der Waals surface area contributed by atoms with Gasteiger partial charge in [-0.05, 0) is 43.0 Å². The molecule has 0 aliphatic carbocycles. The summed E-state index contributed by atoms with van der Waals surface area (Å²) in [6.45, 7) is 2.38. The van der Waals surface area contributed by atoms with E-state index in [0.717, 1.165) is 43.4 Å². The van der Waals surface area contributed by atoms with Crippen LogP contribution in [0.4, 0.5) is 17.1 Å². The van der Waals surface area contributed by atoms with Crippen LogP contribution in [0.25, 0.3) is 0 Å². The van der Waals surface area contributed by atoms with Crippen LogP contribution >= 0.6 is 0 Å². The fraction of sp³-hybridized carbons (Fsp3) is 0.368. The number of benzene rings is 2. The molecule has 1 aliphatic rings. The molecule has 0 atom stereocenters. The summed E-state index contributed by atoms with van der Waals surface area (Å²) in [4.78, 5) is 12.9. The van der Waals surface area contributed by atoms with Crippen LogP contribution in [0.2, 0.25) is 0 Å². The Labute approximate surface area is 159 Å². The van der Waals surface area contributed by atoms with Gasteiger partial charge in [-0.25, -0.2) is 8.42 Å². The Balaban J connectivity index is 1.89. The first kappa shape index (κ1) is 19.2. The number of piperidine rings is 1. The topological polar surface area (TPSA) is 92.6 Å². The molecule has 0 unspecified atom stereocenters. The van der Waals surface area contributed by atoms with Crippen LogP contribution in [0.5, 0.6) is 0 Å². The van der Waals surface area contributed by atoms with E-state index >= 15 is 0 Å². The molecule has 8 heteroatoms. The minimum atomic E-state index is -3.70. The summed E-state index contributed by atoms with van der Waals surface area (Å²) < 4.78 is 23.8. The molecule has 0 aromatic heterocycles. The van der Waals surface area contributed by atoms with Gasteiger partial charge >= 0.3 is 5.69 Å². The number of hydrogen-bond acceptors (Lipinski definition) is 6. The molecule has 1 heterocycles. The lowest BCUT2D eigenvalue weighted by atomic mass is 10.1. The first-order chi connectivity index (χ1) is 12.9. The summed E-state index contributed by atoms with van der Waals surface area (Å²) in [6.07, 6.45) is 4.53. The molecular formula is C19H23N3O4S. The van der Waals surface area contributed by atoms with Crippen molar-refractivity contribution in [2.45, 2.75) is 30.7 Å². The van der Waals surface area contributed by atoms with Crippen LogP contribution in [0.15, 0.2) is 47.4 Å². The molecule has 2 aromatic carbocycles. The summed E-state index contributed by atoms with van der Waals surface area (Å²) in [6, 6.07) is 12.3. The Kier molecular flexibility index (Phi) is 5.65. The molecule has 2 aromatic rings. The molecule has 1 N–H and O–H groups in total. The Morgan fingerprint density at radius 2 is 1.78 bits per heavy atom. The Morgan fingerprint density at radius 1 is 1.07 bits per heavy atom. The van der Waals surface area contributed by atoms with E-state index in [1.165, 1.54) is 24.6 Å². The first-order valence-corrected chi connectivity index (χ1v) is 10.8. The number of nitro groups is 1. The summed E-state index contributed by atoms with van der Waals surface area (Å²) in [7, 11) is -3.70. The summed E-state index contributed by atoms with van der Waals surface area (Å²) in [5, 5.41) is 14.6. The van der Waals surface area contributed by atoms with Crippen LogP contribution in [0.1, 0.15) is 24.8 Å². The fourth-order valence-electron chi connectivity index (χ4n) is 3.45. The van der Waals surface area contributed by atoms with Crippen LogP contribution in [-0.4, -0.2) is 32.7 Å². The number of sulfone groups is 1. The molecule has 144 valence electrons. The van der Waals surface area contributed by atoms with E-state index in [0.29, 0.717) is 6.54 Å². The molecule has 27 heavy (non-hydrogen) atoms. The van der Waals surface area contributed by atoms with Gasteiger partial charge in [0.25, 0.3) is 0 Å². The molecular weight excluding hydrogens is 366 g/mol. The predicted octanol–water partition coefficient (Wildman–Crippen LogP) is 3.60. The Bertz CT molecular complexity index is 938. The van der Waals surface area contributed by atoms with Crippen molar-refractivity contribution in [1.29, 1.82) is 0 Å². The first-order valence-electron chi connectivity index (χ1n) is 8.92. The van der Waals surface area contributed by atoms with E-state index in [2.05, 4.69) is 16.3 Å². The Hall–Kier alpha value is -2.61. The number of nitrogens with zero attached hydrogens (tertiary/aromatic N) is 2. The van der Waals surface area contributed by atoms with E-state index < -0.39 is 20.4 Å². The van der Waals surface area contributed by atoms with Gasteiger partial charge in [0.1, 0.15) is 10.6 Å². The predicted molar refractivity (Wildman–Crippen MR) is 106 cm³/mol. The fourth-order valence-corrected chi connectivity index (χ4v) is 4.31. The van der Waals surface area contributed by atoms with Crippen molar-refractivity contribution < 1.29 is 13.3 Å². The summed E-state index contributed by atoms with van der Waals surface area (Å²) in [5.41, 5.74) is 1.94. The van der Waals surface area contributed by atoms with Gasteiger partial charge in [-0.1, -0.05) is 24.3 Å². The second-order valence-electron chi connectivity index (χ2n) is 6.71. The van der Waals surface area contributed by atoms with Gasteiger partial charge in [0.15, 0.2) is 9.84 Å². The zero-order chi connectivity index (χ0) is 19.4. The number of nitrogens with one attached hydrogen (secondary N) is 1. The maximum absolute atomic E-state index is 11.9. The normalized spacial score (nSPS) is 14.8. The lowest BCUT2D eigenvalue weighted by Gasteiger charge is -2.30. The highest BCUT2D eigenvalue weighted by molar-refractivity contribution is 7.90. The molecule has 0 bridgehead atoms. The molecule has 0 amide bonds. The monoisotopic (exact) mass is 389 g/mol. The molecule has 0 radical (unpaired) electrons. The standard InChI is InChI=1S/C19H23N3O4S/c1-27(25,26)18-11-7-9-16(19(18)22(23)24)20-14-15-8-3-4-10-17(15)21-12-5-2-6-13-21/h3-4,7-11,20H,2,5-6,12-14H2,1H3. The summed E-state index contributed by atoms with van der Waals surface area (Å²) >= 11 is 0. The zero-order valence-corrected chi connectivity index (χ0v) is 16.0. The molecule has 0 spiro atoms. The van der Waals surface area contributed by atoms with E-state index in [-0.39, 0.29) is 10.6 Å². The van der Waals surface area contributed by atoms with Gasteiger partial charge in [0, 0.05) is 31.6 Å². The van der Waals surface area contributed by atoms with Crippen LogP contribution in [-0.2, 0) is 16.4 Å². The molecule has 3 rings (SSSR count). The second kappa shape index (κ2) is 7.96. The average molecular weight is 389 g/mol. The highest BCUT2D eigenvalue weighted by Gasteiger charge is 2.26. The average Bonchev–Trinajstić information content (AvgIpc) is 2.66. The SMILES string of the molecule is CS(=O)(=O)c1cccc(NCc2ccccc2N2CCCCC2)c1[N+](=O)[O-]. The minimum Gasteiger partial charge on any atom is -0.375 e. The molecule has 1 saturated heterocycles. The lowest BCUT2D eigenvalue weighted by molar-refractivity contribution is -0.386. The molecule has 7 nitrogen and oxygen atoms in total. The van der Waals surface area contributed by atoms with E-state index in [9.17, 15) is 18.5 Å². The number of para-hydroxylation sites is 2. The number of anilines is 2. The molecule has 0 saturated carbocycles. The van der Waals surface area contributed by atoms with Crippen LogP contribution in [0.3, 0.4) is 0 Å². The second-order valence-corrected chi connectivity index (χ2v) is 8.70. The third-order valence-corrected chi connectivity index (χ3v) is 5.87. The quantitative estimate of drug-likeness (QED) is 0.599. The van der Waals surface area contributed by atoms with Crippen molar-refractivity contribution in [3.63, 3.8) is 0 Å². The number of rotatable bonds is 6. The lowest BCUT2D eigenvalue weighted by Crippen LogP contribution is -2.30.